The number of hydrogen-bond donors (Lipinski definition) is 1. The van der Waals surface area contributed by atoms with E-state index >= 15 is 0 Å². The van der Waals surface area contributed by atoms with Gasteiger partial charge in [-0.1, -0.05) is 0 Å². The molecule has 2 fully saturated rings. The zero-order valence-electron chi connectivity index (χ0n) is 21.7. The molecule has 2 aliphatic heterocycles. The molecule has 0 saturated carbocycles. The number of rotatable bonds is 5. The number of nitrogens with zero attached hydrogens (tertiary/aromatic N) is 7. The van der Waals surface area contributed by atoms with E-state index in [0.29, 0.717) is 74.1 Å². The molecular weight excluding hydrogens is 488 g/mol. The van der Waals surface area contributed by atoms with Gasteiger partial charge in [0.25, 0.3) is 11.5 Å². The van der Waals surface area contributed by atoms with Crippen LogP contribution in [0.2, 0.25) is 0 Å². The second kappa shape index (κ2) is 10.4. The van der Waals surface area contributed by atoms with Crippen molar-refractivity contribution in [3.8, 4) is 6.07 Å². The van der Waals surface area contributed by atoms with Gasteiger partial charge in [-0.15, -0.1) is 0 Å². The number of piperidine rings is 1. The Kier molecular flexibility index (Phi) is 7.05. The van der Waals surface area contributed by atoms with Crippen molar-refractivity contribution in [3.63, 3.8) is 0 Å². The SMILES string of the molecule is CCn1c(N2CCC[C@@H](N)C2)c(C(=O)N2CCOCC2)c2c1c(=O)n(Cc1ncccc1C#N)c(=O)n2C. The number of nitriles is 1. The van der Waals surface area contributed by atoms with Gasteiger partial charge in [-0.3, -0.25) is 23.7 Å². The van der Waals surface area contributed by atoms with E-state index in [1.807, 2.05) is 11.5 Å². The summed E-state index contributed by atoms with van der Waals surface area (Å²) < 4.78 is 9.75. The van der Waals surface area contributed by atoms with E-state index in [2.05, 4.69) is 16.0 Å². The number of morpholine rings is 1. The van der Waals surface area contributed by atoms with Crippen molar-refractivity contribution in [2.75, 3.05) is 44.3 Å². The van der Waals surface area contributed by atoms with E-state index < -0.39 is 11.2 Å². The fourth-order valence-corrected chi connectivity index (χ4v) is 5.54. The average molecular weight is 521 g/mol. The van der Waals surface area contributed by atoms with E-state index in [1.54, 1.807) is 24.1 Å². The Morgan fingerprint density at radius 3 is 2.66 bits per heavy atom. The van der Waals surface area contributed by atoms with Crippen LogP contribution in [0.4, 0.5) is 5.82 Å². The first-order valence-electron chi connectivity index (χ1n) is 12.9. The lowest BCUT2D eigenvalue weighted by Gasteiger charge is -2.34. The fraction of sp³-hybridized carbons (Fsp3) is 0.500. The molecule has 3 aromatic rings. The van der Waals surface area contributed by atoms with Crippen molar-refractivity contribution in [2.45, 2.75) is 38.9 Å². The van der Waals surface area contributed by atoms with E-state index in [-0.39, 0.29) is 24.0 Å². The summed E-state index contributed by atoms with van der Waals surface area (Å²) in [6.45, 7) is 5.12. The zero-order chi connectivity index (χ0) is 27.0. The van der Waals surface area contributed by atoms with Crippen LogP contribution in [0.25, 0.3) is 11.0 Å². The summed E-state index contributed by atoms with van der Waals surface area (Å²) in [4.78, 5) is 49.7. The molecule has 5 heterocycles. The lowest BCUT2D eigenvalue weighted by molar-refractivity contribution is 0.0304. The van der Waals surface area contributed by atoms with Crippen LogP contribution >= 0.6 is 0 Å². The zero-order valence-corrected chi connectivity index (χ0v) is 21.7. The number of carbonyl (C=O) groups is 1. The molecule has 0 bridgehead atoms. The highest BCUT2D eigenvalue weighted by Gasteiger charge is 2.34. The van der Waals surface area contributed by atoms with Crippen LogP contribution in [0.5, 0.6) is 0 Å². The highest BCUT2D eigenvalue weighted by atomic mass is 16.5. The van der Waals surface area contributed by atoms with Gasteiger partial charge in [-0.2, -0.15) is 5.26 Å². The summed E-state index contributed by atoms with van der Waals surface area (Å²) in [6.07, 6.45) is 3.26. The summed E-state index contributed by atoms with van der Waals surface area (Å²) in [5, 5.41) is 9.50. The summed E-state index contributed by atoms with van der Waals surface area (Å²) in [6, 6.07) is 5.24. The number of anilines is 1. The van der Waals surface area contributed by atoms with Gasteiger partial charge in [-0.05, 0) is 31.9 Å². The van der Waals surface area contributed by atoms with Crippen molar-refractivity contribution in [2.24, 2.45) is 12.8 Å². The number of pyridine rings is 1. The van der Waals surface area contributed by atoms with E-state index in [9.17, 15) is 19.6 Å². The van der Waals surface area contributed by atoms with Crippen molar-refractivity contribution >= 4 is 22.8 Å². The van der Waals surface area contributed by atoms with Gasteiger partial charge in [0.1, 0.15) is 23.0 Å². The Morgan fingerprint density at radius 1 is 1.21 bits per heavy atom. The molecule has 38 heavy (non-hydrogen) atoms. The third-order valence-corrected chi connectivity index (χ3v) is 7.42. The lowest BCUT2D eigenvalue weighted by Crippen LogP contribution is -2.45. The predicted molar refractivity (Wildman–Crippen MR) is 141 cm³/mol. The minimum Gasteiger partial charge on any atom is -0.378 e. The third kappa shape index (κ3) is 4.27. The van der Waals surface area contributed by atoms with Gasteiger partial charge in [0.05, 0.1) is 36.5 Å². The lowest BCUT2D eigenvalue weighted by atomic mass is 10.1. The maximum atomic E-state index is 14.1. The van der Waals surface area contributed by atoms with Crippen molar-refractivity contribution in [3.05, 3.63) is 56.0 Å². The molecule has 0 aliphatic carbocycles. The molecule has 12 heteroatoms. The second-order valence-electron chi connectivity index (χ2n) is 9.74. The first-order chi connectivity index (χ1) is 18.4. The van der Waals surface area contributed by atoms with Crippen LogP contribution in [-0.2, 0) is 24.9 Å². The van der Waals surface area contributed by atoms with E-state index in [0.717, 1.165) is 17.4 Å². The van der Waals surface area contributed by atoms with Gasteiger partial charge in [-0.25, -0.2) is 4.79 Å². The topological polar surface area (TPSA) is 144 Å². The monoisotopic (exact) mass is 520 g/mol. The molecule has 200 valence electrons. The van der Waals surface area contributed by atoms with E-state index in [4.69, 9.17) is 10.5 Å². The van der Waals surface area contributed by atoms with Gasteiger partial charge in [0.2, 0.25) is 0 Å². The Balaban J connectivity index is 1.79. The molecule has 0 radical (unpaired) electrons. The summed E-state index contributed by atoms with van der Waals surface area (Å²) in [5.74, 6) is 0.387. The molecule has 3 aromatic heterocycles. The minimum absolute atomic E-state index is 0.0626. The van der Waals surface area contributed by atoms with Gasteiger partial charge in [0, 0.05) is 52.0 Å². The highest BCUT2D eigenvalue weighted by Crippen LogP contribution is 2.34. The maximum Gasteiger partial charge on any atom is 0.331 e. The van der Waals surface area contributed by atoms with Crippen LogP contribution < -0.4 is 21.9 Å². The largest absolute Gasteiger partial charge is 0.378 e. The number of aromatic nitrogens is 4. The van der Waals surface area contributed by atoms with Gasteiger partial charge < -0.3 is 24.8 Å². The first kappa shape index (κ1) is 25.7. The van der Waals surface area contributed by atoms with Crippen LogP contribution in [0.15, 0.2) is 27.9 Å². The number of aryl methyl sites for hydroxylation is 2. The van der Waals surface area contributed by atoms with Crippen molar-refractivity contribution in [1.82, 2.24) is 23.6 Å². The molecule has 12 nitrogen and oxygen atoms in total. The highest BCUT2D eigenvalue weighted by molar-refractivity contribution is 6.11. The predicted octanol–water partition coefficient (Wildman–Crippen LogP) is 0.236. The number of carbonyl (C=O) groups excluding carboxylic acids is 1. The molecule has 2 saturated heterocycles. The Labute approximate surface area is 219 Å². The second-order valence-corrected chi connectivity index (χ2v) is 9.74. The molecular formula is C26H32N8O4. The Bertz CT molecular complexity index is 1540. The van der Waals surface area contributed by atoms with Crippen LogP contribution in [0, 0.1) is 11.3 Å². The number of nitrogens with two attached hydrogens (primary N) is 1. The molecule has 1 atom stereocenters. The Morgan fingerprint density at radius 2 is 1.97 bits per heavy atom. The number of fused-ring (bicyclic) bond motifs is 1. The molecule has 5 rings (SSSR count). The summed E-state index contributed by atoms with van der Waals surface area (Å²) >= 11 is 0. The Hall–Kier alpha value is -3.95. The maximum absolute atomic E-state index is 14.1. The number of amides is 1. The molecule has 1 amide bonds. The number of ether oxygens (including phenoxy) is 1. The summed E-state index contributed by atoms with van der Waals surface area (Å²) in [5.41, 5.74) is 6.76. The molecule has 0 aromatic carbocycles. The first-order valence-corrected chi connectivity index (χ1v) is 12.9. The van der Waals surface area contributed by atoms with Crippen LogP contribution in [0.1, 0.15) is 41.4 Å². The molecule has 0 spiro atoms. The standard InChI is InChI=1S/C26H32N8O4/c1-3-33-22-21(30(2)26(37)34(25(22)36)16-19-17(14-27)6-4-8-29-19)20(24(35)31-10-12-38-13-11-31)23(33)32-9-5-7-18(28)15-32/h4,6,8,18H,3,5,7,9-13,15-16,28H2,1-2H3/t18-/m1/s1. The van der Waals surface area contributed by atoms with Gasteiger partial charge in [0.15, 0.2) is 0 Å². The minimum atomic E-state index is -0.580. The van der Waals surface area contributed by atoms with E-state index in [1.165, 1.54) is 10.8 Å². The fourth-order valence-electron chi connectivity index (χ4n) is 5.54. The number of hydrogen-bond acceptors (Lipinski definition) is 8. The van der Waals surface area contributed by atoms with Crippen LogP contribution in [0.3, 0.4) is 0 Å². The van der Waals surface area contributed by atoms with Gasteiger partial charge >= 0.3 is 5.69 Å². The smallest absolute Gasteiger partial charge is 0.331 e. The average Bonchev–Trinajstić information content (AvgIpc) is 3.30. The third-order valence-electron chi connectivity index (χ3n) is 7.42. The van der Waals surface area contributed by atoms with Crippen molar-refractivity contribution < 1.29 is 9.53 Å². The quantitative estimate of drug-likeness (QED) is 0.504. The van der Waals surface area contributed by atoms with Crippen LogP contribution in [-0.4, -0.2) is 74.9 Å². The normalized spacial score (nSPS) is 18.1. The molecule has 2 aliphatic rings. The summed E-state index contributed by atoms with van der Waals surface area (Å²) in [7, 11) is 1.58. The van der Waals surface area contributed by atoms with Crippen molar-refractivity contribution in [1.29, 1.82) is 5.26 Å². The molecule has 2 N–H and O–H groups in total. The molecule has 0 unspecified atom stereocenters.